The molecule has 0 unspecified atom stereocenters. The number of hydrogen-bond donors (Lipinski definition) is 0. The van der Waals surface area contributed by atoms with E-state index in [2.05, 4.69) is 6.58 Å². The van der Waals surface area contributed by atoms with Gasteiger partial charge in [-0.1, -0.05) is 18.2 Å². The highest BCUT2D eigenvalue weighted by molar-refractivity contribution is 6.22. The summed E-state index contributed by atoms with van der Waals surface area (Å²) in [6.45, 7) is 3.82. The zero-order valence-corrected chi connectivity index (χ0v) is 12.4. The maximum Gasteiger partial charge on any atom is 0.323 e. The molecule has 0 saturated heterocycles. The largest absolute Gasteiger partial charge is 0.468 e. The minimum absolute atomic E-state index is 0.0404. The van der Waals surface area contributed by atoms with E-state index >= 15 is 0 Å². The van der Waals surface area contributed by atoms with E-state index in [9.17, 15) is 9.59 Å². The van der Waals surface area contributed by atoms with Crippen LogP contribution in [0.5, 0.6) is 0 Å². The number of halogens is 1. The first-order valence-electron chi connectivity index (χ1n) is 6.63. The summed E-state index contributed by atoms with van der Waals surface area (Å²) in [5.41, 5.74) is -1.27. The molecular formula is C15H19ClO4. The molecule has 5 heteroatoms. The van der Waals surface area contributed by atoms with Crippen molar-refractivity contribution in [3.8, 4) is 0 Å². The van der Waals surface area contributed by atoms with Crippen molar-refractivity contribution in [1.29, 1.82) is 0 Å². The molecule has 1 saturated carbocycles. The van der Waals surface area contributed by atoms with Crippen molar-refractivity contribution in [2.45, 2.75) is 18.2 Å². The molecule has 4 nitrogen and oxygen atoms in total. The summed E-state index contributed by atoms with van der Waals surface area (Å²) < 4.78 is 9.79. The molecule has 0 bridgehead atoms. The summed E-state index contributed by atoms with van der Waals surface area (Å²) in [4.78, 5) is 24.7. The molecule has 0 aromatic rings. The van der Waals surface area contributed by atoms with E-state index in [4.69, 9.17) is 21.1 Å². The number of hydrogen-bond acceptors (Lipinski definition) is 4. The fourth-order valence-electron chi connectivity index (χ4n) is 3.65. The van der Waals surface area contributed by atoms with Crippen LogP contribution in [-0.4, -0.2) is 31.5 Å². The first-order valence-corrected chi connectivity index (χ1v) is 7.06. The average Bonchev–Trinajstić information content (AvgIpc) is 2.80. The summed E-state index contributed by atoms with van der Waals surface area (Å²) in [5, 5.41) is -0.187. The van der Waals surface area contributed by atoms with Gasteiger partial charge in [-0.3, -0.25) is 9.59 Å². The Bertz CT molecular complexity index is 441. The second kappa shape index (κ2) is 5.60. The van der Waals surface area contributed by atoms with Crippen molar-refractivity contribution >= 4 is 23.5 Å². The number of esters is 2. The summed E-state index contributed by atoms with van der Waals surface area (Å²) in [7, 11) is 2.58. The molecule has 0 aromatic carbocycles. The normalized spacial score (nSPS) is 34.1. The predicted molar refractivity (Wildman–Crippen MR) is 75.1 cm³/mol. The molecule has 2 rings (SSSR count). The lowest BCUT2D eigenvalue weighted by atomic mass is 9.71. The van der Waals surface area contributed by atoms with E-state index < -0.39 is 17.4 Å². The molecule has 1 fully saturated rings. The van der Waals surface area contributed by atoms with Crippen molar-refractivity contribution in [2.24, 2.45) is 23.2 Å². The molecule has 0 aromatic heterocycles. The number of carbonyl (C=O) groups excluding carboxylic acids is 2. The van der Waals surface area contributed by atoms with E-state index in [1.54, 1.807) is 6.08 Å². The Kier molecular flexibility index (Phi) is 4.23. The average molecular weight is 299 g/mol. The Hall–Kier alpha value is -1.29. The zero-order valence-electron chi connectivity index (χ0n) is 11.7. The second-order valence-electron chi connectivity index (χ2n) is 5.38. The van der Waals surface area contributed by atoms with Crippen molar-refractivity contribution < 1.29 is 19.1 Å². The molecule has 4 atom stereocenters. The number of rotatable bonds is 3. The third-order valence-corrected chi connectivity index (χ3v) is 4.90. The fourth-order valence-corrected chi connectivity index (χ4v) is 3.92. The van der Waals surface area contributed by atoms with Crippen LogP contribution in [-0.2, 0) is 19.1 Å². The lowest BCUT2D eigenvalue weighted by Gasteiger charge is -2.34. The van der Waals surface area contributed by atoms with Crippen LogP contribution in [0.4, 0.5) is 0 Å². The maximum absolute atomic E-state index is 12.3. The fraction of sp³-hybridized carbons (Fsp3) is 0.600. The predicted octanol–water partition coefficient (Wildman–Crippen LogP) is 2.32. The van der Waals surface area contributed by atoms with Gasteiger partial charge in [0.25, 0.3) is 0 Å². The van der Waals surface area contributed by atoms with Gasteiger partial charge in [0, 0.05) is 0 Å². The Labute approximate surface area is 123 Å². The van der Waals surface area contributed by atoms with Gasteiger partial charge in [0.15, 0.2) is 5.41 Å². The smallest absolute Gasteiger partial charge is 0.323 e. The molecule has 0 radical (unpaired) electrons. The highest BCUT2D eigenvalue weighted by Crippen LogP contribution is 2.56. The molecular weight excluding hydrogens is 280 g/mol. The minimum atomic E-state index is -1.27. The van der Waals surface area contributed by atoms with Crippen LogP contribution in [0.3, 0.4) is 0 Å². The Balaban J connectivity index is 2.51. The third kappa shape index (κ3) is 2.06. The van der Waals surface area contributed by atoms with Crippen LogP contribution in [0.15, 0.2) is 24.8 Å². The van der Waals surface area contributed by atoms with Crippen LogP contribution >= 0.6 is 11.6 Å². The summed E-state index contributed by atoms with van der Waals surface area (Å²) >= 11 is 6.18. The third-order valence-electron chi connectivity index (χ3n) is 4.57. The Morgan fingerprint density at radius 2 is 1.90 bits per heavy atom. The quantitative estimate of drug-likeness (QED) is 0.347. The van der Waals surface area contributed by atoms with Gasteiger partial charge in [-0.05, 0) is 30.6 Å². The van der Waals surface area contributed by atoms with Crippen molar-refractivity contribution in [1.82, 2.24) is 0 Å². The SMILES string of the molecule is C=C[C@@H]1CC(C(=O)OC)(C(=O)OC)[C@@H]2C[C@H](Cl)C=C[C@H]12. The highest BCUT2D eigenvalue weighted by Gasteiger charge is 2.63. The van der Waals surface area contributed by atoms with E-state index in [0.29, 0.717) is 12.8 Å². The number of carbonyl (C=O) groups is 2. The lowest BCUT2D eigenvalue weighted by Crippen LogP contribution is -2.46. The van der Waals surface area contributed by atoms with Crippen LogP contribution < -0.4 is 0 Å². The van der Waals surface area contributed by atoms with Crippen LogP contribution in [0, 0.1) is 23.2 Å². The first kappa shape index (κ1) is 15.1. The highest BCUT2D eigenvalue weighted by atomic mass is 35.5. The standard InChI is InChI=1S/C15H19ClO4/c1-4-9-8-15(13(17)19-2,14(18)20-3)12-7-10(16)5-6-11(9)12/h4-6,9-12H,1,7-8H2,2-3H3/t9-,10-,11-,12-/m1/s1. The van der Waals surface area contributed by atoms with Gasteiger partial charge in [-0.2, -0.15) is 0 Å². The van der Waals surface area contributed by atoms with Gasteiger partial charge >= 0.3 is 11.9 Å². The van der Waals surface area contributed by atoms with Gasteiger partial charge < -0.3 is 9.47 Å². The molecule has 0 N–H and O–H groups in total. The van der Waals surface area contributed by atoms with Gasteiger partial charge in [0.05, 0.1) is 19.6 Å². The lowest BCUT2D eigenvalue weighted by molar-refractivity contribution is -0.173. The molecule has 0 aliphatic heterocycles. The molecule has 2 aliphatic rings. The van der Waals surface area contributed by atoms with Gasteiger partial charge in [-0.25, -0.2) is 0 Å². The van der Waals surface area contributed by atoms with Crippen molar-refractivity contribution in [2.75, 3.05) is 14.2 Å². The maximum atomic E-state index is 12.3. The molecule has 0 spiro atoms. The van der Waals surface area contributed by atoms with Crippen molar-refractivity contribution in [3.05, 3.63) is 24.8 Å². The summed E-state index contributed by atoms with van der Waals surface area (Å²) in [6.07, 6.45) is 6.62. The molecule has 20 heavy (non-hydrogen) atoms. The van der Waals surface area contributed by atoms with Crippen LogP contribution in [0.25, 0.3) is 0 Å². The van der Waals surface area contributed by atoms with E-state index in [1.807, 2.05) is 12.2 Å². The minimum Gasteiger partial charge on any atom is -0.468 e. The summed E-state index contributed by atoms with van der Waals surface area (Å²) in [6, 6.07) is 0. The van der Waals surface area contributed by atoms with E-state index in [0.717, 1.165) is 0 Å². The van der Waals surface area contributed by atoms with E-state index in [-0.39, 0.29) is 23.1 Å². The second-order valence-corrected chi connectivity index (χ2v) is 5.94. The number of methoxy groups -OCH3 is 2. The number of alkyl halides is 1. The summed E-state index contributed by atoms with van der Waals surface area (Å²) in [5.74, 6) is -1.18. The monoisotopic (exact) mass is 298 g/mol. The Morgan fingerprint density at radius 3 is 2.40 bits per heavy atom. The molecule has 2 aliphatic carbocycles. The molecule has 0 heterocycles. The first-order chi connectivity index (χ1) is 9.51. The van der Waals surface area contributed by atoms with Gasteiger partial charge in [-0.15, -0.1) is 18.2 Å². The number of ether oxygens (including phenoxy) is 2. The molecule has 0 amide bonds. The Morgan fingerprint density at radius 1 is 1.30 bits per heavy atom. The molecule has 110 valence electrons. The van der Waals surface area contributed by atoms with Crippen LogP contribution in [0.2, 0.25) is 0 Å². The van der Waals surface area contributed by atoms with Crippen LogP contribution in [0.1, 0.15) is 12.8 Å². The zero-order chi connectivity index (χ0) is 14.9. The number of fused-ring (bicyclic) bond motifs is 1. The van der Waals surface area contributed by atoms with Crippen molar-refractivity contribution in [3.63, 3.8) is 0 Å². The number of allylic oxidation sites excluding steroid dienone is 3. The topological polar surface area (TPSA) is 52.6 Å². The van der Waals surface area contributed by atoms with E-state index in [1.165, 1.54) is 14.2 Å². The van der Waals surface area contributed by atoms with Gasteiger partial charge in [0.2, 0.25) is 0 Å². The van der Waals surface area contributed by atoms with Gasteiger partial charge in [0.1, 0.15) is 0 Å².